The first kappa shape index (κ1) is 18.6. The van der Waals surface area contributed by atoms with Crippen LogP contribution in [0.1, 0.15) is 23.2 Å². The maximum absolute atomic E-state index is 12.7. The molecule has 0 N–H and O–H groups in total. The number of rotatable bonds is 5. The zero-order chi connectivity index (χ0) is 19.7. The number of allylic oxidation sites excluding steroid dienone is 2. The van der Waals surface area contributed by atoms with Crippen LogP contribution in [0.5, 0.6) is 5.75 Å². The van der Waals surface area contributed by atoms with E-state index in [1.165, 1.54) is 4.90 Å². The topological polar surface area (TPSA) is 63.7 Å². The average Bonchev–Trinajstić information content (AvgIpc) is 2.98. The van der Waals surface area contributed by atoms with Gasteiger partial charge < -0.3 is 4.74 Å². The predicted octanol–water partition coefficient (Wildman–Crippen LogP) is 4.17. The van der Waals surface area contributed by atoms with Crippen molar-refractivity contribution in [1.29, 1.82) is 0 Å². The van der Waals surface area contributed by atoms with E-state index < -0.39 is 0 Å². The van der Waals surface area contributed by atoms with E-state index in [2.05, 4.69) is 15.9 Å². The smallest absolute Gasteiger partial charge is 0.238 e. The van der Waals surface area contributed by atoms with Gasteiger partial charge in [0, 0.05) is 16.1 Å². The molecule has 0 bridgehead atoms. The van der Waals surface area contributed by atoms with Gasteiger partial charge in [-0.3, -0.25) is 14.4 Å². The Balaban J connectivity index is 1.47. The Morgan fingerprint density at radius 2 is 1.64 bits per heavy atom. The number of halogens is 1. The SMILES string of the molecule is O=C(COc1cccc(N2C(=O)[C@@H]3CC=CC[C@H]3C2=O)c1)c1ccc(Br)cc1. The second-order valence-corrected chi connectivity index (χ2v) is 7.80. The van der Waals surface area contributed by atoms with Gasteiger partial charge in [0.1, 0.15) is 5.75 Å². The summed E-state index contributed by atoms with van der Waals surface area (Å²) < 4.78 is 6.52. The molecule has 5 nitrogen and oxygen atoms in total. The van der Waals surface area contributed by atoms with Crippen LogP contribution in [0.3, 0.4) is 0 Å². The van der Waals surface area contributed by atoms with Crippen molar-refractivity contribution in [2.45, 2.75) is 12.8 Å². The summed E-state index contributed by atoms with van der Waals surface area (Å²) in [6, 6.07) is 13.8. The molecule has 0 spiro atoms. The van der Waals surface area contributed by atoms with E-state index in [4.69, 9.17) is 4.74 Å². The van der Waals surface area contributed by atoms with Crippen LogP contribution in [0.4, 0.5) is 5.69 Å². The quantitative estimate of drug-likeness (QED) is 0.398. The maximum Gasteiger partial charge on any atom is 0.238 e. The van der Waals surface area contributed by atoms with Crippen molar-refractivity contribution in [2.24, 2.45) is 11.8 Å². The van der Waals surface area contributed by atoms with Gasteiger partial charge in [0.05, 0.1) is 17.5 Å². The molecule has 0 unspecified atom stereocenters. The van der Waals surface area contributed by atoms with Gasteiger partial charge in [-0.2, -0.15) is 0 Å². The molecule has 1 saturated heterocycles. The molecule has 1 aliphatic heterocycles. The molecule has 6 heteroatoms. The lowest BCUT2D eigenvalue weighted by atomic mass is 9.85. The number of ether oxygens (including phenoxy) is 1. The maximum atomic E-state index is 12.7. The molecule has 1 heterocycles. The van der Waals surface area contributed by atoms with Crippen molar-refractivity contribution < 1.29 is 19.1 Å². The van der Waals surface area contributed by atoms with Gasteiger partial charge in [-0.05, 0) is 37.1 Å². The van der Waals surface area contributed by atoms with E-state index in [1.54, 1.807) is 48.5 Å². The predicted molar refractivity (Wildman–Crippen MR) is 108 cm³/mol. The fourth-order valence-electron chi connectivity index (χ4n) is 3.64. The Morgan fingerprint density at radius 1 is 1.00 bits per heavy atom. The van der Waals surface area contributed by atoms with E-state index in [9.17, 15) is 14.4 Å². The monoisotopic (exact) mass is 439 g/mol. The molecule has 2 aromatic rings. The van der Waals surface area contributed by atoms with Crippen molar-refractivity contribution >= 4 is 39.2 Å². The number of anilines is 1. The lowest BCUT2D eigenvalue weighted by Gasteiger charge is -2.16. The number of benzene rings is 2. The van der Waals surface area contributed by atoms with Crippen LogP contribution in [0, 0.1) is 11.8 Å². The summed E-state index contributed by atoms with van der Waals surface area (Å²) in [5.41, 5.74) is 1.04. The Kier molecular flexibility index (Phi) is 5.13. The van der Waals surface area contributed by atoms with Gasteiger partial charge in [-0.1, -0.05) is 46.3 Å². The first-order valence-corrected chi connectivity index (χ1v) is 9.88. The zero-order valence-corrected chi connectivity index (χ0v) is 16.6. The molecule has 142 valence electrons. The number of carbonyl (C=O) groups excluding carboxylic acids is 3. The van der Waals surface area contributed by atoms with E-state index in [1.807, 2.05) is 12.2 Å². The van der Waals surface area contributed by atoms with Crippen molar-refractivity contribution in [3.05, 3.63) is 70.7 Å². The van der Waals surface area contributed by atoms with Crippen LogP contribution >= 0.6 is 15.9 Å². The molecule has 4 rings (SSSR count). The first-order chi connectivity index (χ1) is 13.5. The third-order valence-corrected chi connectivity index (χ3v) is 5.65. The fraction of sp³-hybridized carbons (Fsp3) is 0.227. The van der Waals surface area contributed by atoms with Crippen LogP contribution in [0.2, 0.25) is 0 Å². The molecular formula is C22H18BrNO4. The molecule has 2 aliphatic rings. The highest BCUT2D eigenvalue weighted by Gasteiger charge is 2.47. The molecule has 0 radical (unpaired) electrons. The zero-order valence-electron chi connectivity index (χ0n) is 15.0. The van der Waals surface area contributed by atoms with Gasteiger partial charge in [-0.25, -0.2) is 4.90 Å². The summed E-state index contributed by atoms with van der Waals surface area (Å²) in [6.07, 6.45) is 5.12. The molecule has 2 atom stereocenters. The number of fused-ring (bicyclic) bond motifs is 1. The summed E-state index contributed by atoms with van der Waals surface area (Å²) in [4.78, 5) is 39.0. The molecule has 0 saturated carbocycles. The molecule has 0 aromatic heterocycles. The summed E-state index contributed by atoms with van der Waals surface area (Å²) in [5.74, 6) is -0.591. The van der Waals surface area contributed by atoms with Gasteiger partial charge in [-0.15, -0.1) is 0 Å². The number of imide groups is 1. The highest BCUT2D eigenvalue weighted by atomic mass is 79.9. The minimum atomic E-state index is -0.277. The van der Waals surface area contributed by atoms with Crippen molar-refractivity contribution in [3.8, 4) is 5.75 Å². The Morgan fingerprint density at radius 3 is 2.29 bits per heavy atom. The van der Waals surface area contributed by atoms with Gasteiger partial charge in [0.25, 0.3) is 0 Å². The molecule has 28 heavy (non-hydrogen) atoms. The third-order valence-electron chi connectivity index (χ3n) is 5.12. The van der Waals surface area contributed by atoms with Crippen molar-refractivity contribution in [2.75, 3.05) is 11.5 Å². The molecule has 1 aliphatic carbocycles. The van der Waals surface area contributed by atoms with Crippen LogP contribution in [-0.4, -0.2) is 24.2 Å². The summed E-state index contributed by atoms with van der Waals surface area (Å²) in [5, 5.41) is 0. The number of carbonyl (C=O) groups is 3. The van der Waals surface area contributed by atoms with Gasteiger partial charge >= 0.3 is 0 Å². The number of hydrogen-bond donors (Lipinski definition) is 0. The Bertz CT molecular complexity index is 941. The van der Waals surface area contributed by atoms with E-state index in [-0.39, 0.29) is 36.0 Å². The highest BCUT2D eigenvalue weighted by Crippen LogP contribution is 2.38. The minimum absolute atomic E-state index is 0.123. The van der Waals surface area contributed by atoms with E-state index >= 15 is 0 Å². The van der Waals surface area contributed by atoms with Crippen LogP contribution in [0.25, 0.3) is 0 Å². The lowest BCUT2D eigenvalue weighted by molar-refractivity contribution is -0.122. The van der Waals surface area contributed by atoms with Gasteiger partial charge in [0.2, 0.25) is 11.8 Å². The number of ketones is 1. The first-order valence-electron chi connectivity index (χ1n) is 9.09. The molecule has 1 fully saturated rings. The van der Waals surface area contributed by atoms with Crippen molar-refractivity contribution in [1.82, 2.24) is 0 Å². The summed E-state index contributed by atoms with van der Waals surface area (Å²) in [7, 11) is 0. The van der Waals surface area contributed by atoms with Crippen molar-refractivity contribution in [3.63, 3.8) is 0 Å². The lowest BCUT2D eigenvalue weighted by Crippen LogP contribution is -2.30. The normalized spacial score (nSPS) is 21.0. The second-order valence-electron chi connectivity index (χ2n) is 6.88. The van der Waals surface area contributed by atoms with E-state index in [0.717, 1.165) is 4.47 Å². The minimum Gasteiger partial charge on any atom is -0.485 e. The summed E-state index contributed by atoms with van der Waals surface area (Å²) in [6.45, 7) is -0.123. The number of amides is 2. The van der Waals surface area contributed by atoms with Crippen LogP contribution in [0.15, 0.2) is 65.2 Å². The Labute approximate surface area is 171 Å². The summed E-state index contributed by atoms with van der Waals surface area (Å²) >= 11 is 3.34. The second kappa shape index (κ2) is 7.72. The van der Waals surface area contributed by atoms with Crippen LogP contribution < -0.4 is 9.64 Å². The average molecular weight is 440 g/mol. The highest BCUT2D eigenvalue weighted by molar-refractivity contribution is 9.10. The molecule has 2 amide bonds. The molecular weight excluding hydrogens is 422 g/mol. The molecule has 2 aromatic carbocycles. The number of Topliss-reactive ketones (excluding diaryl/α,β-unsaturated/α-hetero) is 1. The standard InChI is InChI=1S/C22H18BrNO4/c23-15-10-8-14(9-11-15)20(25)13-28-17-5-3-4-16(12-17)24-21(26)18-6-1-2-7-19(18)22(24)27/h1-5,8-12,18-19H,6-7,13H2/t18-,19-/m1/s1. The van der Waals surface area contributed by atoms with E-state index in [0.29, 0.717) is 29.8 Å². The van der Waals surface area contributed by atoms with Gasteiger partial charge in [0.15, 0.2) is 12.4 Å². The largest absolute Gasteiger partial charge is 0.485 e. The number of hydrogen-bond acceptors (Lipinski definition) is 4. The number of nitrogens with zero attached hydrogens (tertiary/aromatic N) is 1. The third kappa shape index (κ3) is 3.52. The fourth-order valence-corrected chi connectivity index (χ4v) is 3.90. The Hall–Kier alpha value is -2.73. The van der Waals surface area contributed by atoms with Crippen LogP contribution in [-0.2, 0) is 9.59 Å².